The maximum atomic E-state index is 12.4. The Labute approximate surface area is 66.2 Å². The van der Waals surface area contributed by atoms with E-state index in [1.807, 2.05) is 0 Å². The molecule has 2 saturated carbocycles. The van der Waals surface area contributed by atoms with Crippen LogP contribution in [-0.2, 0) is 0 Å². The van der Waals surface area contributed by atoms with Gasteiger partial charge in [0, 0.05) is 11.8 Å². The fourth-order valence-electron chi connectivity index (χ4n) is 2.16. The van der Waals surface area contributed by atoms with Gasteiger partial charge in [-0.15, -0.1) is 0 Å². The van der Waals surface area contributed by atoms with Gasteiger partial charge in [-0.05, 0) is 0 Å². The summed E-state index contributed by atoms with van der Waals surface area (Å²) in [5, 5.41) is 0. The highest BCUT2D eigenvalue weighted by molar-refractivity contribution is 6.60. The Morgan fingerprint density at radius 2 is 1.42 bits per heavy atom. The molecule has 0 spiro atoms. The molecule has 0 aromatic heterocycles. The summed E-state index contributed by atoms with van der Waals surface area (Å²) in [6.45, 7) is -4.88. The molecule has 0 amide bonds. The Balaban J connectivity index is 1.99. The Morgan fingerprint density at radius 3 is 1.75 bits per heavy atom. The Hall–Kier alpha value is -0.285. The summed E-state index contributed by atoms with van der Waals surface area (Å²) >= 11 is 0. The van der Waals surface area contributed by atoms with E-state index in [1.54, 1.807) is 0 Å². The average Bonchev–Trinajstić information content (AvgIpc) is 2.31. The van der Waals surface area contributed by atoms with Crippen LogP contribution in [0.5, 0.6) is 0 Å². The van der Waals surface area contributed by atoms with Gasteiger partial charge in [-0.2, -0.15) is 0 Å². The van der Waals surface area contributed by atoms with Crippen LogP contribution in [0.4, 0.5) is 21.7 Å². The minimum Gasteiger partial charge on any atom is -0.449 e. The summed E-state index contributed by atoms with van der Waals surface area (Å²) in [6, 6.07) is 0. The maximum Gasteiger partial charge on any atom is 0.481 e. The molecule has 0 heterocycles. The van der Waals surface area contributed by atoms with Gasteiger partial charge in [-0.25, -0.2) is 8.78 Å². The van der Waals surface area contributed by atoms with Crippen molar-refractivity contribution in [1.29, 1.82) is 0 Å². The molecule has 2 fully saturated rings. The molecule has 0 bridgehead atoms. The second-order valence-corrected chi connectivity index (χ2v) is 3.74. The lowest BCUT2D eigenvalue weighted by molar-refractivity contribution is 0.0709. The monoisotopic (exact) mass is 185 g/mol. The molecular weight excluding hydrogens is 178 g/mol. The number of fused-ring (bicyclic) bond motifs is 1. The smallest absolute Gasteiger partial charge is 0.449 e. The number of hydrogen-bond donors (Lipinski definition) is 0. The minimum absolute atomic E-state index is 0.346. The molecule has 0 nitrogen and oxygen atoms in total. The summed E-state index contributed by atoms with van der Waals surface area (Å²) in [4.78, 5) is 0. The first-order chi connectivity index (χ1) is 5.33. The highest BCUT2D eigenvalue weighted by Gasteiger charge is 2.72. The van der Waals surface area contributed by atoms with Gasteiger partial charge in [0.05, 0.1) is 0 Å². The summed E-state index contributed by atoms with van der Waals surface area (Å²) in [5.41, 5.74) is 0. The van der Waals surface area contributed by atoms with Crippen LogP contribution >= 0.6 is 0 Å². The highest BCUT2D eigenvalue weighted by atomic mass is 19.4. The number of hydrogen-bond acceptors (Lipinski definition) is 0. The molecule has 6 heteroatoms. The normalized spacial score (nSPS) is 44.2. The van der Waals surface area contributed by atoms with Gasteiger partial charge in [0.15, 0.2) is 0 Å². The lowest BCUT2D eigenvalue weighted by Gasteiger charge is -2.24. The van der Waals surface area contributed by atoms with Crippen molar-refractivity contribution >= 4 is 6.98 Å². The molecule has 0 aromatic carbocycles. The predicted octanol–water partition coefficient (Wildman–Crippen LogP) is 2.88. The zero-order chi connectivity index (χ0) is 9.15. The number of halogens is 5. The van der Waals surface area contributed by atoms with Gasteiger partial charge >= 0.3 is 6.98 Å². The second-order valence-electron chi connectivity index (χ2n) is 3.74. The summed E-state index contributed by atoms with van der Waals surface area (Å²) in [5.74, 6) is -6.13. The van der Waals surface area contributed by atoms with Crippen LogP contribution in [0.2, 0.25) is 5.82 Å². The van der Waals surface area contributed by atoms with Gasteiger partial charge in [-0.1, -0.05) is 18.7 Å². The lowest BCUT2D eigenvalue weighted by Crippen LogP contribution is -2.24. The molecule has 0 aliphatic heterocycles. The summed E-state index contributed by atoms with van der Waals surface area (Å²) < 4.78 is 61.0. The molecule has 2 unspecified atom stereocenters. The van der Waals surface area contributed by atoms with Gasteiger partial charge in [0.1, 0.15) is 0 Å². The Kier molecular flexibility index (Phi) is 1.36. The van der Waals surface area contributed by atoms with E-state index in [9.17, 15) is 21.7 Å². The van der Waals surface area contributed by atoms with E-state index >= 15 is 0 Å². The van der Waals surface area contributed by atoms with Gasteiger partial charge in [0.2, 0.25) is 0 Å². The van der Waals surface area contributed by atoms with Crippen molar-refractivity contribution in [3.05, 3.63) is 0 Å². The first-order valence-corrected chi connectivity index (χ1v) is 3.91. The molecule has 0 N–H and O–H groups in total. The van der Waals surface area contributed by atoms with E-state index in [4.69, 9.17) is 0 Å². The third-order valence-corrected chi connectivity index (χ3v) is 3.01. The van der Waals surface area contributed by atoms with Crippen molar-refractivity contribution in [1.82, 2.24) is 0 Å². The third kappa shape index (κ3) is 0.961. The number of rotatable bonds is 1. The molecular formula is C6H7BF5-. The van der Waals surface area contributed by atoms with Crippen LogP contribution in [0.3, 0.4) is 0 Å². The van der Waals surface area contributed by atoms with E-state index < -0.39 is 30.6 Å². The zero-order valence-corrected chi connectivity index (χ0v) is 6.11. The first kappa shape index (κ1) is 8.32. The molecule has 70 valence electrons. The molecule has 2 atom stereocenters. The van der Waals surface area contributed by atoms with Crippen LogP contribution in [0, 0.1) is 11.8 Å². The van der Waals surface area contributed by atoms with E-state index in [0.717, 1.165) is 0 Å². The van der Waals surface area contributed by atoms with E-state index in [2.05, 4.69) is 0 Å². The van der Waals surface area contributed by atoms with Crippen LogP contribution < -0.4 is 0 Å². The third-order valence-electron chi connectivity index (χ3n) is 3.01. The second kappa shape index (κ2) is 1.96. The number of alkyl halides is 2. The standard InChI is InChI=1S/C6H7BF5/c8-6(9)4-1-3(2-5(4)6)7(10,11)12/h3-5H,1-2H2/q-1. The van der Waals surface area contributed by atoms with Gasteiger partial charge in [0.25, 0.3) is 5.92 Å². The van der Waals surface area contributed by atoms with Crippen molar-refractivity contribution in [3.63, 3.8) is 0 Å². The van der Waals surface area contributed by atoms with Crippen LogP contribution in [0.15, 0.2) is 0 Å². The fourth-order valence-corrected chi connectivity index (χ4v) is 2.16. The molecule has 12 heavy (non-hydrogen) atoms. The summed E-state index contributed by atoms with van der Waals surface area (Å²) in [6.07, 6.45) is -0.692. The molecule has 0 aromatic rings. The summed E-state index contributed by atoms with van der Waals surface area (Å²) in [7, 11) is 0. The van der Waals surface area contributed by atoms with E-state index in [0.29, 0.717) is 0 Å². The van der Waals surface area contributed by atoms with Crippen LogP contribution in [0.1, 0.15) is 12.8 Å². The largest absolute Gasteiger partial charge is 0.481 e. The molecule has 0 radical (unpaired) electrons. The van der Waals surface area contributed by atoms with Crippen molar-refractivity contribution in [3.8, 4) is 0 Å². The van der Waals surface area contributed by atoms with E-state index in [-0.39, 0.29) is 12.8 Å². The molecule has 0 saturated heterocycles. The Morgan fingerprint density at radius 1 is 1.00 bits per heavy atom. The topological polar surface area (TPSA) is 0 Å². The SMILES string of the molecule is F[B-](F)(F)C1CC2C(C1)C2(F)F. The molecule has 2 aliphatic carbocycles. The van der Waals surface area contributed by atoms with Crippen molar-refractivity contribution in [2.24, 2.45) is 11.8 Å². The van der Waals surface area contributed by atoms with Crippen molar-refractivity contribution in [2.45, 2.75) is 24.6 Å². The predicted molar refractivity (Wildman–Crippen MR) is 34.0 cm³/mol. The van der Waals surface area contributed by atoms with Crippen molar-refractivity contribution in [2.75, 3.05) is 0 Å². The van der Waals surface area contributed by atoms with E-state index in [1.165, 1.54) is 0 Å². The van der Waals surface area contributed by atoms with Crippen LogP contribution in [0.25, 0.3) is 0 Å². The van der Waals surface area contributed by atoms with Crippen molar-refractivity contribution < 1.29 is 21.7 Å². The maximum absolute atomic E-state index is 12.4. The minimum atomic E-state index is -4.88. The molecule has 2 aliphatic rings. The highest BCUT2D eigenvalue weighted by Crippen LogP contribution is 2.68. The lowest BCUT2D eigenvalue weighted by atomic mass is 9.70. The quantitative estimate of drug-likeness (QED) is 0.435. The Bertz CT molecular complexity index is 196. The van der Waals surface area contributed by atoms with Crippen LogP contribution in [-0.4, -0.2) is 12.9 Å². The fraction of sp³-hybridized carbons (Fsp3) is 1.00. The van der Waals surface area contributed by atoms with Gasteiger partial charge in [-0.3, -0.25) is 0 Å². The zero-order valence-electron chi connectivity index (χ0n) is 6.11. The molecule has 2 rings (SSSR count). The average molecular weight is 185 g/mol. The van der Waals surface area contributed by atoms with Gasteiger partial charge < -0.3 is 12.9 Å². The first-order valence-electron chi connectivity index (χ1n) is 3.91.